The molecule has 0 saturated heterocycles. The summed E-state index contributed by atoms with van der Waals surface area (Å²) in [5.74, 6) is 0. The van der Waals surface area contributed by atoms with E-state index in [1.165, 1.54) is 4.31 Å². The largest absolute Gasteiger partial charge is 0.275 e. The molecule has 1 aromatic heterocycles. The maximum Gasteiger partial charge on any atom is 0.243 e. The minimum atomic E-state index is -3.51. The number of hydrogen-bond acceptors (Lipinski definition) is 3. The average molecular weight is 338 g/mol. The molecule has 0 unspecified atom stereocenters. The van der Waals surface area contributed by atoms with Crippen molar-refractivity contribution < 1.29 is 8.42 Å². The molecule has 5 nitrogen and oxygen atoms in total. The molecule has 0 N–H and O–H groups in total. The van der Waals surface area contributed by atoms with Crippen LogP contribution < -0.4 is 0 Å². The molecule has 0 spiro atoms. The van der Waals surface area contributed by atoms with Gasteiger partial charge in [-0.05, 0) is 36.3 Å². The van der Waals surface area contributed by atoms with Crippen molar-refractivity contribution in [1.29, 1.82) is 0 Å². The second-order valence-electron chi connectivity index (χ2n) is 5.21. The first-order chi connectivity index (χ1) is 10.5. The van der Waals surface area contributed by atoms with Gasteiger partial charge in [-0.1, -0.05) is 17.7 Å². The lowest BCUT2D eigenvalue weighted by atomic mass is 10.1. The average Bonchev–Trinajstić information content (AvgIpc) is 2.94. The van der Waals surface area contributed by atoms with Gasteiger partial charge in [0.15, 0.2) is 0 Å². The Morgan fingerprint density at radius 3 is 2.59 bits per heavy atom. The fourth-order valence-electron chi connectivity index (χ4n) is 2.47. The van der Waals surface area contributed by atoms with Crippen molar-refractivity contribution in [3.63, 3.8) is 0 Å². The predicted octanol–water partition coefficient (Wildman–Crippen LogP) is 2.55. The normalized spacial score (nSPS) is 16.5. The van der Waals surface area contributed by atoms with Crippen LogP contribution in [-0.2, 0) is 17.1 Å². The van der Waals surface area contributed by atoms with Gasteiger partial charge in [-0.2, -0.15) is 9.40 Å². The second-order valence-corrected chi connectivity index (χ2v) is 7.59. The van der Waals surface area contributed by atoms with E-state index in [2.05, 4.69) is 11.2 Å². The number of sulfonamides is 1. The zero-order valence-corrected chi connectivity index (χ0v) is 13.7. The van der Waals surface area contributed by atoms with Crippen LogP contribution in [0.25, 0.3) is 5.57 Å². The van der Waals surface area contributed by atoms with E-state index in [4.69, 9.17) is 11.6 Å². The van der Waals surface area contributed by atoms with Crippen molar-refractivity contribution in [3.8, 4) is 0 Å². The number of aryl methyl sites for hydroxylation is 1. The molecule has 3 rings (SSSR count). The number of nitrogens with zero attached hydrogens (tertiary/aromatic N) is 3. The summed E-state index contributed by atoms with van der Waals surface area (Å²) in [5, 5.41) is 4.66. The zero-order chi connectivity index (χ0) is 15.7. The minimum Gasteiger partial charge on any atom is -0.275 e. The maximum absolute atomic E-state index is 12.7. The summed E-state index contributed by atoms with van der Waals surface area (Å²) in [6.07, 6.45) is 6.41. The van der Waals surface area contributed by atoms with Crippen LogP contribution in [0.1, 0.15) is 12.0 Å². The van der Waals surface area contributed by atoms with Gasteiger partial charge in [0.05, 0.1) is 11.1 Å². The molecule has 0 atom stereocenters. The summed E-state index contributed by atoms with van der Waals surface area (Å²) in [5.41, 5.74) is 1.94. The van der Waals surface area contributed by atoms with E-state index in [9.17, 15) is 8.42 Å². The molecule has 1 aliphatic rings. The molecule has 7 heteroatoms. The first kappa shape index (κ1) is 15.3. The SMILES string of the molecule is Cn1cc(C2=CCCN(S(=O)(=O)c3ccc(Cl)cc3)C2)cn1. The minimum absolute atomic E-state index is 0.268. The summed E-state index contributed by atoms with van der Waals surface area (Å²) in [6, 6.07) is 6.27. The van der Waals surface area contributed by atoms with Gasteiger partial charge in [-0.3, -0.25) is 4.68 Å². The third-order valence-corrected chi connectivity index (χ3v) is 5.75. The Balaban J connectivity index is 1.86. The molecule has 116 valence electrons. The van der Waals surface area contributed by atoms with Gasteiger partial charge in [-0.25, -0.2) is 8.42 Å². The Morgan fingerprint density at radius 2 is 1.95 bits per heavy atom. The molecule has 2 heterocycles. The lowest BCUT2D eigenvalue weighted by molar-refractivity contribution is 0.443. The molecule has 0 bridgehead atoms. The van der Waals surface area contributed by atoms with E-state index >= 15 is 0 Å². The Bertz CT molecular complexity index is 810. The molecule has 0 aliphatic carbocycles. The predicted molar refractivity (Wildman–Crippen MR) is 86.0 cm³/mol. The monoisotopic (exact) mass is 337 g/mol. The van der Waals surface area contributed by atoms with Crippen LogP contribution in [0.15, 0.2) is 47.6 Å². The van der Waals surface area contributed by atoms with E-state index < -0.39 is 10.0 Å². The highest BCUT2D eigenvalue weighted by molar-refractivity contribution is 7.89. The smallest absolute Gasteiger partial charge is 0.243 e. The zero-order valence-electron chi connectivity index (χ0n) is 12.1. The molecule has 22 heavy (non-hydrogen) atoms. The van der Waals surface area contributed by atoms with Crippen molar-refractivity contribution >= 4 is 27.2 Å². The molecule has 0 amide bonds. The Labute approximate surface area is 134 Å². The number of hydrogen-bond donors (Lipinski definition) is 0. The lowest BCUT2D eigenvalue weighted by Gasteiger charge is -2.26. The van der Waals surface area contributed by atoms with Crippen LogP contribution >= 0.6 is 11.6 Å². The first-order valence-electron chi connectivity index (χ1n) is 6.90. The second kappa shape index (κ2) is 5.87. The van der Waals surface area contributed by atoms with Crippen molar-refractivity contribution in [2.45, 2.75) is 11.3 Å². The van der Waals surface area contributed by atoms with Crippen molar-refractivity contribution in [1.82, 2.24) is 14.1 Å². The van der Waals surface area contributed by atoms with Crippen LogP contribution in [0.4, 0.5) is 0 Å². The van der Waals surface area contributed by atoms with Crippen LogP contribution in [0.2, 0.25) is 5.02 Å². The summed E-state index contributed by atoms with van der Waals surface area (Å²) in [6.45, 7) is 0.839. The molecule has 0 fully saturated rings. The highest BCUT2D eigenvalue weighted by Crippen LogP contribution is 2.26. The fraction of sp³-hybridized carbons (Fsp3) is 0.267. The maximum atomic E-state index is 12.7. The summed E-state index contributed by atoms with van der Waals surface area (Å²) < 4.78 is 28.6. The summed E-state index contributed by atoms with van der Waals surface area (Å²) in [7, 11) is -1.66. The molecule has 1 aliphatic heterocycles. The number of benzene rings is 1. The third kappa shape index (κ3) is 2.95. The molecule has 0 saturated carbocycles. The standard InChI is InChI=1S/C15H16ClN3O2S/c1-18-10-13(9-17-18)12-3-2-8-19(11-12)22(20,21)15-6-4-14(16)5-7-15/h3-7,9-10H,2,8,11H2,1H3. The van der Waals surface area contributed by atoms with Crippen molar-refractivity contribution in [3.05, 3.63) is 53.3 Å². The van der Waals surface area contributed by atoms with Gasteiger partial charge in [0.1, 0.15) is 0 Å². The van der Waals surface area contributed by atoms with E-state index in [0.717, 1.165) is 11.1 Å². The van der Waals surface area contributed by atoms with E-state index in [1.54, 1.807) is 35.1 Å². The lowest BCUT2D eigenvalue weighted by Crippen LogP contribution is -2.35. The Morgan fingerprint density at radius 1 is 1.23 bits per heavy atom. The van der Waals surface area contributed by atoms with Gasteiger partial charge in [0.2, 0.25) is 10.0 Å². The van der Waals surface area contributed by atoms with Gasteiger partial charge in [-0.15, -0.1) is 0 Å². The van der Waals surface area contributed by atoms with Crippen LogP contribution in [0.3, 0.4) is 0 Å². The van der Waals surface area contributed by atoms with Gasteiger partial charge < -0.3 is 0 Å². The van der Waals surface area contributed by atoms with Crippen LogP contribution in [0, 0.1) is 0 Å². The Kier molecular flexibility index (Phi) is 4.08. The Hall–Kier alpha value is -1.63. The molecular formula is C15H16ClN3O2S. The van der Waals surface area contributed by atoms with Gasteiger partial charge in [0.25, 0.3) is 0 Å². The fourth-order valence-corrected chi connectivity index (χ4v) is 4.03. The van der Waals surface area contributed by atoms with E-state index in [-0.39, 0.29) is 4.90 Å². The molecule has 2 aromatic rings. The molecule has 0 radical (unpaired) electrons. The molecule has 1 aromatic carbocycles. The number of aromatic nitrogens is 2. The highest BCUT2D eigenvalue weighted by Gasteiger charge is 2.27. The van der Waals surface area contributed by atoms with Crippen molar-refractivity contribution in [2.75, 3.05) is 13.1 Å². The summed E-state index contributed by atoms with van der Waals surface area (Å²) in [4.78, 5) is 0.268. The van der Waals surface area contributed by atoms with Crippen LogP contribution in [-0.4, -0.2) is 35.6 Å². The van der Waals surface area contributed by atoms with Crippen molar-refractivity contribution in [2.24, 2.45) is 7.05 Å². The summed E-state index contributed by atoms with van der Waals surface area (Å²) >= 11 is 5.83. The third-order valence-electron chi connectivity index (χ3n) is 3.64. The van der Waals surface area contributed by atoms with Gasteiger partial charge >= 0.3 is 0 Å². The highest BCUT2D eigenvalue weighted by atomic mass is 35.5. The van der Waals surface area contributed by atoms with E-state index in [0.29, 0.717) is 24.5 Å². The topological polar surface area (TPSA) is 55.2 Å². The number of rotatable bonds is 3. The quantitative estimate of drug-likeness (QED) is 0.865. The number of halogens is 1. The van der Waals surface area contributed by atoms with Gasteiger partial charge in [0, 0.05) is 36.9 Å². The van der Waals surface area contributed by atoms with Crippen LogP contribution in [0.5, 0.6) is 0 Å². The first-order valence-corrected chi connectivity index (χ1v) is 8.72. The molecular weight excluding hydrogens is 322 g/mol. The van der Waals surface area contributed by atoms with E-state index in [1.807, 2.05) is 13.2 Å².